The van der Waals surface area contributed by atoms with Crippen molar-refractivity contribution < 1.29 is 23.2 Å². The highest BCUT2D eigenvalue weighted by Gasteiger charge is 2.26. The Morgan fingerprint density at radius 1 is 1.59 bits per heavy atom. The van der Waals surface area contributed by atoms with Crippen LogP contribution in [0.2, 0.25) is 0 Å². The largest absolute Gasteiger partial charge is 0.460 e. The van der Waals surface area contributed by atoms with Gasteiger partial charge in [-0.1, -0.05) is 0 Å². The molecule has 0 spiro atoms. The Morgan fingerprint density at radius 3 is 2.71 bits per heavy atom. The standard InChI is InChI=1S/C9H8F2N2O4/c1-2-17-9(14)6-4-3-5(7(10)11)8(12-6)13(15)16/h3-4,7H,2H2,1H3. The topological polar surface area (TPSA) is 82.3 Å². The van der Waals surface area contributed by atoms with Crippen LogP contribution in [-0.4, -0.2) is 22.5 Å². The molecular weight excluding hydrogens is 238 g/mol. The number of nitrogens with zero attached hydrogens (tertiary/aromatic N) is 2. The normalized spacial score (nSPS) is 10.4. The zero-order valence-corrected chi connectivity index (χ0v) is 8.72. The Labute approximate surface area is 94.4 Å². The maximum atomic E-state index is 12.4. The van der Waals surface area contributed by atoms with Crippen molar-refractivity contribution >= 4 is 11.8 Å². The summed E-state index contributed by atoms with van der Waals surface area (Å²) in [5.74, 6) is -1.93. The Balaban J connectivity index is 3.19. The van der Waals surface area contributed by atoms with Crippen LogP contribution in [0.15, 0.2) is 12.1 Å². The molecular formula is C9H8F2N2O4. The van der Waals surface area contributed by atoms with Crippen molar-refractivity contribution in [2.24, 2.45) is 0 Å². The van der Waals surface area contributed by atoms with Gasteiger partial charge in [0.15, 0.2) is 0 Å². The second-order valence-electron chi connectivity index (χ2n) is 2.89. The molecule has 0 aliphatic carbocycles. The molecule has 1 heterocycles. The summed E-state index contributed by atoms with van der Waals surface area (Å²) >= 11 is 0. The average Bonchev–Trinajstić information content (AvgIpc) is 2.28. The van der Waals surface area contributed by atoms with Crippen LogP contribution >= 0.6 is 0 Å². The van der Waals surface area contributed by atoms with E-state index in [2.05, 4.69) is 9.72 Å². The number of esters is 1. The van der Waals surface area contributed by atoms with Gasteiger partial charge in [0, 0.05) is 0 Å². The molecule has 0 aliphatic rings. The van der Waals surface area contributed by atoms with E-state index in [0.717, 1.165) is 12.1 Å². The van der Waals surface area contributed by atoms with Crippen molar-refractivity contribution in [3.63, 3.8) is 0 Å². The molecule has 92 valence electrons. The number of pyridine rings is 1. The maximum Gasteiger partial charge on any atom is 0.383 e. The number of carbonyl (C=O) groups excluding carboxylic acids is 1. The summed E-state index contributed by atoms with van der Waals surface area (Å²) in [5.41, 5.74) is -1.20. The smallest absolute Gasteiger partial charge is 0.383 e. The monoisotopic (exact) mass is 246 g/mol. The van der Waals surface area contributed by atoms with Gasteiger partial charge in [-0.2, -0.15) is 0 Å². The fourth-order valence-corrected chi connectivity index (χ4v) is 1.09. The number of rotatable bonds is 4. The second kappa shape index (κ2) is 5.28. The fraction of sp³-hybridized carbons (Fsp3) is 0.333. The minimum atomic E-state index is -3.03. The molecule has 1 aromatic heterocycles. The predicted molar refractivity (Wildman–Crippen MR) is 51.8 cm³/mol. The highest BCUT2D eigenvalue weighted by molar-refractivity contribution is 5.87. The molecule has 0 fully saturated rings. The maximum absolute atomic E-state index is 12.4. The van der Waals surface area contributed by atoms with Gasteiger partial charge in [-0.3, -0.25) is 0 Å². The first-order chi connectivity index (χ1) is 7.97. The van der Waals surface area contributed by atoms with E-state index in [4.69, 9.17) is 0 Å². The molecule has 0 saturated heterocycles. The van der Waals surface area contributed by atoms with Gasteiger partial charge in [-0.15, -0.1) is 0 Å². The quantitative estimate of drug-likeness (QED) is 0.461. The van der Waals surface area contributed by atoms with Crippen LogP contribution < -0.4 is 0 Å². The minimum absolute atomic E-state index is 0.0604. The summed E-state index contributed by atoms with van der Waals surface area (Å²) in [5, 5.41) is 10.5. The molecule has 8 heteroatoms. The molecule has 0 radical (unpaired) electrons. The van der Waals surface area contributed by atoms with Crippen LogP contribution in [0.1, 0.15) is 29.4 Å². The van der Waals surface area contributed by atoms with Gasteiger partial charge in [0.25, 0.3) is 12.1 Å². The first-order valence-corrected chi connectivity index (χ1v) is 4.58. The second-order valence-corrected chi connectivity index (χ2v) is 2.89. The molecule has 0 amide bonds. The van der Waals surface area contributed by atoms with E-state index >= 15 is 0 Å². The summed E-state index contributed by atoms with van der Waals surface area (Å²) in [6.07, 6.45) is -3.03. The lowest BCUT2D eigenvalue weighted by Crippen LogP contribution is -2.09. The Bertz CT molecular complexity index is 451. The average molecular weight is 246 g/mol. The minimum Gasteiger partial charge on any atom is -0.460 e. The Kier molecular flexibility index (Phi) is 4.02. The summed E-state index contributed by atoms with van der Waals surface area (Å²) in [6, 6.07) is 1.76. The van der Waals surface area contributed by atoms with Crippen molar-refractivity contribution in [1.29, 1.82) is 0 Å². The molecule has 0 aromatic carbocycles. The first-order valence-electron chi connectivity index (χ1n) is 4.58. The molecule has 0 N–H and O–H groups in total. The summed E-state index contributed by atoms with van der Waals surface area (Å²) in [6.45, 7) is 1.60. The first kappa shape index (κ1) is 12.9. The number of hydrogen-bond donors (Lipinski definition) is 0. The number of hydrogen-bond acceptors (Lipinski definition) is 5. The zero-order valence-electron chi connectivity index (χ0n) is 8.72. The van der Waals surface area contributed by atoms with Gasteiger partial charge in [0.2, 0.25) is 0 Å². The molecule has 0 aliphatic heterocycles. The number of carbonyl (C=O) groups is 1. The molecule has 0 atom stereocenters. The lowest BCUT2D eigenvalue weighted by Gasteiger charge is -2.02. The molecule has 1 rings (SSSR count). The highest BCUT2D eigenvalue weighted by Crippen LogP contribution is 2.27. The van der Waals surface area contributed by atoms with E-state index in [1.54, 1.807) is 6.92 Å². The third-order valence-corrected chi connectivity index (χ3v) is 1.80. The van der Waals surface area contributed by atoms with Gasteiger partial charge in [0.1, 0.15) is 5.56 Å². The molecule has 6 nitrogen and oxygen atoms in total. The lowest BCUT2D eigenvalue weighted by atomic mass is 10.2. The van der Waals surface area contributed by atoms with Crippen molar-refractivity contribution in [1.82, 2.24) is 4.98 Å². The van der Waals surface area contributed by atoms with Crippen molar-refractivity contribution in [3.05, 3.63) is 33.5 Å². The van der Waals surface area contributed by atoms with Crippen LogP contribution in [0.5, 0.6) is 0 Å². The number of nitro groups is 1. The number of alkyl halides is 2. The van der Waals surface area contributed by atoms with Crippen molar-refractivity contribution in [2.45, 2.75) is 13.3 Å². The van der Waals surface area contributed by atoms with Gasteiger partial charge < -0.3 is 14.9 Å². The van der Waals surface area contributed by atoms with E-state index in [1.807, 2.05) is 0 Å². The number of aromatic nitrogens is 1. The summed E-state index contributed by atoms with van der Waals surface area (Å²) in [7, 11) is 0. The van der Waals surface area contributed by atoms with E-state index in [1.165, 1.54) is 0 Å². The van der Waals surface area contributed by atoms with Gasteiger partial charge in [0.05, 0.1) is 6.61 Å². The van der Waals surface area contributed by atoms with E-state index in [9.17, 15) is 23.7 Å². The zero-order chi connectivity index (χ0) is 13.0. The SMILES string of the molecule is CCOC(=O)c1ccc(C(F)F)c([N+](=O)[O-])n1. The molecule has 0 bridgehead atoms. The fourth-order valence-electron chi connectivity index (χ4n) is 1.09. The predicted octanol–water partition coefficient (Wildman–Crippen LogP) is 2.10. The van der Waals surface area contributed by atoms with Crippen LogP contribution in [0.25, 0.3) is 0 Å². The molecule has 0 unspecified atom stereocenters. The molecule has 17 heavy (non-hydrogen) atoms. The number of ether oxygens (including phenoxy) is 1. The highest BCUT2D eigenvalue weighted by atomic mass is 19.3. The third-order valence-electron chi connectivity index (χ3n) is 1.80. The van der Waals surface area contributed by atoms with E-state index in [0.29, 0.717) is 0 Å². The van der Waals surface area contributed by atoms with E-state index in [-0.39, 0.29) is 12.3 Å². The van der Waals surface area contributed by atoms with Crippen LogP contribution in [0.3, 0.4) is 0 Å². The molecule has 1 aromatic rings. The third kappa shape index (κ3) is 2.92. The lowest BCUT2D eigenvalue weighted by molar-refractivity contribution is -0.391. The van der Waals surface area contributed by atoms with Gasteiger partial charge in [-0.05, 0) is 29.0 Å². The Hall–Kier alpha value is -2.12. The molecule has 0 saturated carbocycles. The number of halogens is 2. The van der Waals surface area contributed by atoms with Crippen molar-refractivity contribution in [3.8, 4) is 0 Å². The van der Waals surface area contributed by atoms with Crippen LogP contribution in [0.4, 0.5) is 14.6 Å². The Morgan fingerprint density at radius 2 is 2.24 bits per heavy atom. The van der Waals surface area contributed by atoms with Gasteiger partial charge >= 0.3 is 11.8 Å². The van der Waals surface area contributed by atoms with E-state index < -0.39 is 28.7 Å². The van der Waals surface area contributed by atoms with Crippen molar-refractivity contribution in [2.75, 3.05) is 6.61 Å². The van der Waals surface area contributed by atoms with Gasteiger partial charge in [-0.25, -0.2) is 13.6 Å². The summed E-state index contributed by atoms with van der Waals surface area (Å²) < 4.78 is 29.4. The van der Waals surface area contributed by atoms with Crippen LogP contribution in [0, 0.1) is 10.1 Å². The summed E-state index contributed by atoms with van der Waals surface area (Å²) in [4.78, 5) is 23.9. The van der Waals surface area contributed by atoms with Crippen LogP contribution in [-0.2, 0) is 4.74 Å².